The van der Waals surface area contributed by atoms with Gasteiger partial charge in [0.1, 0.15) is 0 Å². The van der Waals surface area contributed by atoms with E-state index in [2.05, 4.69) is 25.1 Å². The molecule has 2 nitrogen and oxygen atoms in total. The van der Waals surface area contributed by atoms with E-state index >= 15 is 0 Å². The molecule has 0 aromatic rings. The van der Waals surface area contributed by atoms with Gasteiger partial charge in [0.05, 0.1) is 0 Å². The van der Waals surface area contributed by atoms with E-state index in [4.69, 9.17) is 5.73 Å². The highest BCUT2D eigenvalue weighted by atomic mass is 32.2. The van der Waals surface area contributed by atoms with Gasteiger partial charge in [-0.2, -0.15) is 11.8 Å². The topological polar surface area (TPSA) is 29.3 Å². The van der Waals surface area contributed by atoms with E-state index in [9.17, 15) is 0 Å². The van der Waals surface area contributed by atoms with Crippen LogP contribution in [0.2, 0.25) is 0 Å². The summed E-state index contributed by atoms with van der Waals surface area (Å²) in [6, 6.07) is 0.356. The van der Waals surface area contributed by atoms with Crippen LogP contribution < -0.4 is 5.73 Å². The zero-order chi connectivity index (χ0) is 10.1. The fourth-order valence-electron chi connectivity index (χ4n) is 1.28. The van der Waals surface area contributed by atoms with Crippen molar-refractivity contribution in [3.05, 3.63) is 0 Å². The van der Waals surface area contributed by atoms with Crippen LogP contribution in [0.15, 0.2) is 0 Å². The van der Waals surface area contributed by atoms with Gasteiger partial charge in [-0.15, -0.1) is 0 Å². The molecule has 0 amide bonds. The first-order valence-corrected chi connectivity index (χ1v) is 6.53. The van der Waals surface area contributed by atoms with E-state index < -0.39 is 0 Å². The van der Waals surface area contributed by atoms with E-state index in [-0.39, 0.29) is 0 Å². The fourth-order valence-corrected chi connectivity index (χ4v) is 1.82. The second-order valence-corrected chi connectivity index (χ2v) is 4.64. The number of likely N-dealkylation sites (N-methyl/N-ethyl adjacent to an activating group) is 1. The standard InChI is InChI=1S/C10H24N2S/c1-4-5-7-12(2)9-10(11)6-8-13-3/h10H,4-9,11H2,1-3H3. The lowest BCUT2D eigenvalue weighted by Crippen LogP contribution is -2.36. The van der Waals surface area contributed by atoms with E-state index in [1.807, 2.05) is 11.8 Å². The number of hydrogen-bond donors (Lipinski definition) is 1. The summed E-state index contributed by atoms with van der Waals surface area (Å²) in [4.78, 5) is 2.34. The molecule has 13 heavy (non-hydrogen) atoms. The Morgan fingerprint density at radius 1 is 1.46 bits per heavy atom. The summed E-state index contributed by atoms with van der Waals surface area (Å²) in [6.45, 7) is 4.45. The van der Waals surface area contributed by atoms with Gasteiger partial charge in [0, 0.05) is 12.6 Å². The normalized spacial score (nSPS) is 13.6. The number of nitrogens with zero attached hydrogens (tertiary/aromatic N) is 1. The maximum atomic E-state index is 5.98. The Hall–Kier alpha value is 0.270. The predicted octanol–water partition coefficient (Wildman–Crippen LogP) is 1.80. The number of nitrogens with two attached hydrogens (primary N) is 1. The van der Waals surface area contributed by atoms with Crippen LogP contribution in [-0.2, 0) is 0 Å². The smallest absolute Gasteiger partial charge is 0.0175 e. The summed E-state index contributed by atoms with van der Waals surface area (Å²) in [6.07, 6.45) is 5.82. The molecule has 0 aliphatic carbocycles. The van der Waals surface area contributed by atoms with E-state index in [1.165, 1.54) is 25.1 Å². The molecule has 0 spiro atoms. The maximum absolute atomic E-state index is 5.98. The van der Waals surface area contributed by atoms with Crippen molar-refractivity contribution in [3.8, 4) is 0 Å². The number of rotatable bonds is 8. The Labute approximate surface area is 87.2 Å². The molecule has 0 aliphatic heterocycles. The van der Waals surface area contributed by atoms with Crippen LogP contribution in [0.3, 0.4) is 0 Å². The Morgan fingerprint density at radius 3 is 2.69 bits per heavy atom. The largest absolute Gasteiger partial charge is 0.327 e. The molecule has 0 aliphatic rings. The molecular weight excluding hydrogens is 180 g/mol. The van der Waals surface area contributed by atoms with Crippen LogP contribution in [0.5, 0.6) is 0 Å². The molecule has 0 bridgehead atoms. The van der Waals surface area contributed by atoms with Crippen LogP contribution in [0.1, 0.15) is 26.2 Å². The molecule has 2 N–H and O–H groups in total. The Bertz CT molecular complexity index is 97.1. The van der Waals surface area contributed by atoms with Crippen molar-refractivity contribution < 1.29 is 0 Å². The molecule has 0 saturated heterocycles. The van der Waals surface area contributed by atoms with Crippen molar-refractivity contribution in [2.75, 3.05) is 32.1 Å². The van der Waals surface area contributed by atoms with Gasteiger partial charge in [-0.3, -0.25) is 0 Å². The molecule has 0 saturated carbocycles. The van der Waals surface area contributed by atoms with E-state index in [0.29, 0.717) is 6.04 Å². The summed E-state index contributed by atoms with van der Waals surface area (Å²) in [5, 5.41) is 0. The molecule has 0 aromatic carbocycles. The third kappa shape index (κ3) is 8.60. The van der Waals surface area contributed by atoms with Gasteiger partial charge in [-0.25, -0.2) is 0 Å². The first-order chi connectivity index (χ1) is 6.20. The van der Waals surface area contributed by atoms with Crippen molar-refractivity contribution in [2.24, 2.45) is 5.73 Å². The van der Waals surface area contributed by atoms with Crippen LogP contribution in [0, 0.1) is 0 Å². The quantitative estimate of drug-likeness (QED) is 0.654. The SMILES string of the molecule is CCCCN(C)CC(N)CCSC. The zero-order valence-corrected chi connectivity index (χ0v) is 10.1. The highest BCUT2D eigenvalue weighted by Gasteiger charge is 2.05. The highest BCUT2D eigenvalue weighted by molar-refractivity contribution is 7.98. The summed E-state index contributed by atoms with van der Waals surface area (Å²) < 4.78 is 0. The van der Waals surface area contributed by atoms with Crippen LogP contribution in [-0.4, -0.2) is 43.1 Å². The third-order valence-corrected chi connectivity index (χ3v) is 2.78. The van der Waals surface area contributed by atoms with Gasteiger partial charge in [0.25, 0.3) is 0 Å². The van der Waals surface area contributed by atoms with Crippen molar-refractivity contribution in [2.45, 2.75) is 32.2 Å². The number of hydrogen-bond acceptors (Lipinski definition) is 3. The molecule has 1 atom stereocenters. The molecular formula is C10H24N2S. The van der Waals surface area contributed by atoms with E-state index in [0.717, 1.165) is 13.0 Å². The molecule has 0 fully saturated rings. The van der Waals surface area contributed by atoms with Gasteiger partial charge in [0.2, 0.25) is 0 Å². The van der Waals surface area contributed by atoms with Gasteiger partial charge in [-0.05, 0) is 38.4 Å². The Kier molecular flexibility index (Phi) is 9.03. The summed E-state index contributed by atoms with van der Waals surface area (Å²) in [5.41, 5.74) is 5.98. The molecule has 1 unspecified atom stereocenters. The predicted molar refractivity (Wildman–Crippen MR) is 63.4 cm³/mol. The third-order valence-electron chi connectivity index (χ3n) is 2.13. The Balaban J connectivity index is 3.35. The van der Waals surface area contributed by atoms with Gasteiger partial charge >= 0.3 is 0 Å². The first-order valence-electron chi connectivity index (χ1n) is 5.13. The average Bonchev–Trinajstić information content (AvgIpc) is 2.11. The first kappa shape index (κ1) is 13.3. The van der Waals surface area contributed by atoms with Crippen LogP contribution >= 0.6 is 11.8 Å². The molecule has 80 valence electrons. The molecule has 0 aromatic heterocycles. The minimum atomic E-state index is 0.356. The number of thioether (sulfide) groups is 1. The second kappa shape index (κ2) is 8.85. The molecule has 3 heteroatoms. The second-order valence-electron chi connectivity index (χ2n) is 3.66. The lowest BCUT2D eigenvalue weighted by molar-refractivity contribution is 0.303. The zero-order valence-electron chi connectivity index (χ0n) is 9.25. The van der Waals surface area contributed by atoms with Crippen LogP contribution in [0.25, 0.3) is 0 Å². The lowest BCUT2D eigenvalue weighted by Gasteiger charge is -2.20. The van der Waals surface area contributed by atoms with Crippen molar-refractivity contribution in [1.29, 1.82) is 0 Å². The van der Waals surface area contributed by atoms with Crippen LogP contribution in [0.4, 0.5) is 0 Å². The molecule has 0 rings (SSSR count). The monoisotopic (exact) mass is 204 g/mol. The highest BCUT2D eigenvalue weighted by Crippen LogP contribution is 2.00. The number of unbranched alkanes of at least 4 members (excludes halogenated alkanes) is 1. The fraction of sp³-hybridized carbons (Fsp3) is 1.00. The molecule has 0 heterocycles. The molecule has 0 radical (unpaired) electrons. The summed E-state index contributed by atoms with van der Waals surface area (Å²) in [5.74, 6) is 1.18. The minimum absolute atomic E-state index is 0.356. The van der Waals surface area contributed by atoms with E-state index in [1.54, 1.807) is 0 Å². The van der Waals surface area contributed by atoms with Crippen molar-refractivity contribution in [1.82, 2.24) is 4.90 Å². The van der Waals surface area contributed by atoms with Crippen molar-refractivity contribution >= 4 is 11.8 Å². The van der Waals surface area contributed by atoms with Gasteiger partial charge < -0.3 is 10.6 Å². The van der Waals surface area contributed by atoms with Crippen molar-refractivity contribution in [3.63, 3.8) is 0 Å². The maximum Gasteiger partial charge on any atom is 0.0175 e. The lowest BCUT2D eigenvalue weighted by atomic mass is 10.2. The average molecular weight is 204 g/mol. The summed E-state index contributed by atoms with van der Waals surface area (Å²) in [7, 11) is 2.16. The summed E-state index contributed by atoms with van der Waals surface area (Å²) >= 11 is 1.88. The minimum Gasteiger partial charge on any atom is -0.327 e. The van der Waals surface area contributed by atoms with Gasteiger partial charge in [-0.1, -0.05) is 13.3 Å². The van der Waals surface area contributed by atoms with Gasteiger partial charge in [0.15, 0.2) is 0 Å². The Morgan fingerprint density at radius 2 is 2.15 bits per heavy atom.